The number of nitrogens with one attached hydrogen (secondary N) is 2. The van der Waals surface area contributed by atoms with Gasteiger partial charge in [0, 0.05) is 5.69 Å². The second-order valence-corrected chi connectivity index (χ2v) is 17.2. The number of rotatable bonds is 12. The van der Waals surface area contributed by atoms with Gasteiger partial charge in [0.1, 0.15) is 60.8 Å². The molecule has 5 aromatic carbocycles. The largest absolute Gasteiger partial charge is 0.508 e. The third-order valence-electron chi connectivity index (χ3n) is 13.6. The first-order chi connectivity index (χ1) is 32.6. The molecule has 9 atom stereocenters. The molecular weight excluding hydrogens is 857 g/mol. The van der Waals surface area contributed by atoms with Crippen LogP contribution in [0.1, 0.15) is 58.5 Å². The number of aromatic hydroxyl groups is 1. The van der Waals surface area contributed by atoms with Gasteiger partial charge < -0.3 is 39.6 Å². The number of benzene rings is 5. The number of hydrogen-bond donors (Lipinski definition) is 3. The van der Waals surface area contributed by atoms with E-state index in [0.717, 1.165) is 11.1 Å². The monoisotopic (exact) mass is 902 g/mol. The molecule has 5 heterocycles. The molecule has 340 valence electrons. The molecule has 10 rings (SSSR count). The average Bonchev–Trinajstić information content (AvgIpc) is 4.01. The number of esters is 3. The highest BCUT2D eigenvalue weighted by Gasteiger charge is 2.74. The van der Waals surface area contributed by atoms with Crippen molar-refractivity contribution < 1.29 is 52.8 Å². The molecule has 0 bridgehead atoms. The number of nitrogens with zero attached hydrogens (tertiary/aromatic N) is 2. The Labute approximate surface area is 385 Å². The van der Waals surface area contributed by atoms with Gasteiger partial charge >= 0.3 is 17.9 Å². The van der Waals surface area contributed by atoms with Crippen molar-refractivity contribution in [3.63, 3.8) is 0 Å². The van der Waals surface area contributed by atoms with Crippen LogP contribution < -0.4 is 15.4 Å². The SMILES string of the molecule is C=CCOC(=O)[C@@H]1[C@H]2C(=O)O[C@H](c3ccccc3)[C@H](c3ccccc3)N2[C@H](c2ccc(OCCOC(=O)[C@H]3C[C@H]4C(=O)NCC(=O)N4[C@H]3c3ccc(O)cc3)cc2)[C@@]12C(=O)Nc1ccccc12. The van der Waals surface area contributed by atoms with E-state index in [1.54, 1.807) is 60.7 Å². The second kappa shape index (κ2) is 17.5. The van der Waals surface area contributed by atoms with Crippen molar-refractivity contribution in [2.45, 2.75) is 48.1 Å². The van der Waals surface area contributed by atoms with Crippen LogP contribution in [0.15, 0.2) is 146 Å². The number of ether oxygens (including phenoxy) is 4. The van der Waals surface area contributed by atoms with Crippen molar-refractivity contribution in [1.82, 2.24) is 15.1 Å². The molecular formula is C52H46N4O11. The number of morpholine rings is 1. The van der Waals surface area contributed by atoms with Crippen LogP contribution >= 0.6 is 0 Å². The molecule has 5 aliphatic rings. The van der Waals surface area contributed by atoms with Crippen LogP contribution in [-0.2, 0) is 48.4 Å². The Morgan fingerprint density at radius 3 is 2.12 bits per heavy atom. The van der Waals surface area contributed by atoms with E-state index in [9.17, 15) is 29.1 Å². The molecule has 0 saturated carbocycles. The zero-order valence-corrected chi connectivity index (χ0v) is 36.1. The number of piperazine rings is 1. The molecule has 15 heteroatoms. The smallest absolute Gasteiger partial charge is 0.325 e. The van der Waals surface area contributed by atoms with Crippen molar-refractivity contribution in [1.29, 1.82) is 0 Å². The third kappa shape index (κ3) is 7.26. The fraction of sp³-hybridized carbons (Fsp3) is 0.269. The van der Waals surface area contributed by atoms with Crippen LogP contribution in [0.4, 0.5) is 5.69 Å². The van der Waals surface area contributed by atoms with E-state index >= 15 is 4.79 Å². The molecule has 0 unspecified atom stereocenters. The molecule has 4 saturated heterocycles. The Morgan fingerprint density at radius 1 is 0.746 bits per heavy atom. The van der Waals surface area contributed by atoms with Gasteiger partial charge in [0.05, 0.1) is 30.6 Å². The van der Waals surface area contributed by atoms with E-state index in [4.69, 9.17) is 18.9 Å². The average molecular weight is 903 g/mol. The summed E-state index contributed by atoms with van der Waals surface area (Å²) in [5.74, 6) is -4.96. The molecule has 3 amide bonds. The van der Waals surface area contributed by atoms with Gasteiger partial charge in [0.15, 0.2) is 0 Å². The van der Waals surface area contributed by atoms with Gasteiger partial charge in [0.25, 0.3) is 0 Å². The number of fused-ring (bicyclic) bond motifs is 4. The first-order valence-corrected chi connectivity index (χ1v) is 22.1. The summed E-state index contributed by atoms with van der Waals surface area (Å²) in [5.41, 5.74) is 2.08. The van der Waals surface area contributed by atoms with E-state index in [-0.39, 0.29) is 50.4 Å². The number of hydrogen-bond acceptors (Lipinski definition) is 12. The highest BCUT2D eigenvalue weighted by atomic mass is 16.6. The summed E-state index contributed by atoms with van der Waals surface area (Å²) in [7, 11) is 0. The Balaban J connectivity index is 0.972. The lowest BCUT2D eigenvalue weighted by atomic mass is 9.65. The van der Waals surface area contributed by atoms with E-state index in [0.29, 0.717) is 28.1 Å². The van der Waals surface area contributed by atoms with Crippen molar-refractivity contribution >= 4 is 41.3 Å². The fourth-order valence-electron chi connectivity index (χ4n) is 11.0. The molecule has 67 heavy (non-hydrogen) atoms. The first-order valence-electron chi connectivity index (χ1n) is 22.1. The third-order valence-corrected chi connectivity index (χ3v) is 13.6. The van der Waals surface area contributed by atoms with Crippen molar-refractivity contribution in [3.05, 3.63) is 174 Å². The van der Waals surface area contributed by atoms with Gasteiger partial charge in [-0.15, -0.1) is 0 Å². The van der Waals surface area contributed by atoms with Crippen molar-refractivity contribution in [3.8, 4) is 11.5 Å². The normalized spacial score (nSPS) is 27.3. The lowest BCUT2D eigenvalue weighted by molar-refractivity contribution is -0.180. The minimum absolute atomic E-state index is 0.0176. The number of amides is 3. The number of cyclic esters (lactones) is 1. The summed E-state index contributed by atoms with van der Waals surface area (Å²) in [6.07, 6.45) is 0.665. The van der Waals surface area contributed by atoms with Crippen LogP contribution in [0.3, 0.4) is 0 Å². The summed E-state index contributed by atoms with van der Waals surface area (Å²) >= 11 is 0. The molecule has 4 fully saturated rings. The lowest BCUT2D eigenvalue weighted by Gasteiger charge is -2.46. The van der Waals surface area contributed by atoms with E-state index in [2.05, 4.69) is 17.2 Å². The Hall–Kier alpha value is -7.78. The molecule has 3 N–H and O–H groups in total. The molecule has 0 radical (unpaired) electrons. The van der Waals surface area contributed by atoms with Gasteiger partial charge in [-0.05, 0) is 64.6 Å². The van der Waals surface area contributed by atoms with Crippen LogP contribution in [-0.4, -0.2) is 89.0 Å². The summed E-state index contributed by atoms with van der Waals surface area (Å²) in [4.78, 5) is 87.4. The van der Waals surface area contributed by atoms with Crippen molar-refractivity contribution in [2.75, 3.05) is 31.7 Å². The topological polar surface area (TPSA) is 190 Å². The summed E-state index contributed by atoms with van der Waals surface area (Å²) in [5, 5.41) is 15.5. The summed E-state index contributed by atoms with van der Waals surface area (Å²) in [6.45, 7) is 3.19. The maximum atomic E-state index is 15.1. The predicted molar refractivity (Wildman–Crippen MR) is 240 cm³/mol. The zero-order chi connectivity index (χ0) is 46.4. The number of anilines is 1. The first kappa shape index (κ1) is 43.1. The number of carbonyl (C=O) groups is 6. The van der Waals surface area contributed by atoms with Crippen LogP contribution in [0.2, 0.25) is 0 Å². The Morgan fingerprint density at radius 2 is 1.40 bits per heavy atom. The van der Waals surface area contributed by atoms with Gasteiger partial charge in [-0.3, -0.25) is 33.7 Å². The minimum atomic E-state index is -1.69. The van der Waals surface area contributed by atoms with Crippen LogP contribution in [0.25, 0.3) is 0 Å². The lowest BCUT2D eigenvalue weighted by Crippen LogP contribution is -2.56. The Kier molecular flexibility index (Phi) is 11.3. The molecule has 0 aromatic heterocycles. The fourth-order valence-corrected chi connectivity index (χ4v) is 11.0. The highest BCUT2D eigenvalue weighted by molar-refractivity contribution is 6.11. The van der Waals surface area contributed by atoms with Gasteiger partial charge in [-0.2, -0.15) is 0 Å². The van der Waals surface area contributed by atoms with Crippen LogP contribution in [0, 0.1) is 11.8 Å². The van der Waals surface area contributed by atoms with Crippen molar-refractivity contribution in [2.24, 2.45) is 11.8 Å². The molecule has 15 nitrogen and oxygen atoms in total. The van der Waals surface area contributed by atoms with Gasteiger partial charge in [-0.25, -0.2) is 0 Å². The summed E-state index contributed by atoms with van der Waals surface area (Å²) in [6, 6.07) is 34.8. The van der Waals surface area contributed by atoms with E-state index in [1.807, 2.05) is 65.6 Å². The van der Waals surface area contributed by atoms with Crippen LogP contribution in [0.5, 0.6) is 11.5 Å². The number of carbonyl (C=O) groups excluding carboxylic acids is 6. The quantitative estimate of drug-likeness (QED) is 0.0627. The standard InChI is InChI=1S/C52H46N4O11/c1-2-25-65-49(61)41-44-50(62)67-45(32-13-7-4-8-14-32)43(30-11-5-3-6-12-30)56(44)46(52(41)37-15-9-10-16-38(37)54-51(52)63)33-19-23-35(24-20-33)64-26-27-66-48(60)36-28-39-47(59)53-29-40(58)55(39)42(36)31-17-21-34(57)22-18-31/h2-24,36,39,41-46,57H,1,25-29H2,(H,53,59)(H,54,63)/t36-,39-,41-,42-,43-,44-,45+,46+,52-/m0/s1. The maximum Gasteiger partial charge on any atom is 0.325 e. The Bertz CT molecular complexity index is 2750. The predicted octanol–water partition coefficient (Wildman–Crippen LogP) is 5.40. The minimum Gasteiger partial charge on any atom is -0.508 e. The zero-order valence-electron chi connectivity index (χ0n) is 36.1. The highest BCUT2D eigenvalue weighted by Crippen LogP contribution is 2.65. The molecule has 1 spiro atoms. The number of para-hydroxylation sites is 1. The molecule has 0 aliphatic carbocycles. The van der Waals surface area contributed by atoms with E-state index in [1.165, 1.54) is 23.1 Å². The van der Waals surface area contributed by atoms with E-state index < -0.39 is 77.4 Å². The second-order valence-electron chi connectivity index (χ2n) is 17.2. The summed E-state index contributed by atoms with van der Waals surface area (Å²) < 4.78 is 24.0. The maximum absolute atomic E-state index is 15.1. The van der Waals surface area contributed by atoms with Gasteiger partial charge in [-0.1, -0.05) is 116 Å². The number of phenols is 1. The number of phenolic OH excluding ortho intramolecular Hbond substituents is 1. The van der Waals surface area contributed by atoms with Gasteiger partial charge in [0.2, 0.25) is 17.7 Å². The molecule has 5 aliphatic heterocycles. The molecule has 5 aromatic rings.